The van der Waals surface area contributed by atoms with Gasteiger partial charge in [0.1, 0.15) is 0 Å². The standard InChI is InChI=1S/C25H32N2O3/c1-28-11-12-29-13-14-30-18-19-15-21-17-23(20-7-3-2-4-8-20)27-25(21)24(16-19)26-22-9-5-6-10-22/h2-4,7-8,15-17,22,26-27H,5-6,9-14,18H2,1H3. The van der Waals surface area contributed by atoms with Crippen LogP contribution in [0.2, 0.25) is 0 Å². The third-order valence-electron chi connectivity index (χ3n) is 5.66. The van der Waals surface area contributed by atoms with Gasteiger partial charge < -0.3 is 24.5 Å². The van der Waals surface area contributed by atoms with E-state index >= 15 is 0 Å². The number of ether oxygens (including phenoxy) is 3. The molecule has 0 saturated heterocycles. The summed E-state index contributed by atoms with van der Waals surface area (Å²) in [7, 11) is 1.68. The first-order valence-electron chi connectivity index (χ1n) is 11.0. The van der Waals surface area contributed by atoms with Gasteiger partial charge in [-0.15, -0.1) is 0 Å². The summed E-state index contributed by atoms with van der Waals surface area (Å²) in [5.41, 5.74) is 5.87. The summed E-state index contributed by atoms with van der Waals surface area (Å²) in [5, 5.41) is 5.00. The third kappa shape index (κ3) is 5.42. The predicted molar refractivity (Wildman–Crippen MR) is 122 cm³/mol. The number of methoxy groups -OCH3 is 1. The third-order valence-corrected chi connectivity index (χ3v) is 5.66. The lowest BCUT2D eigenvalue weighted by Gasteiger charge is -2.16. The van der Waals surface area contributed by atoms with E-state index in [1.165, 1.54) is 53.4 Å². The molecule has 5 heteroatoms. The molecular formula is C25H32N2O3. The Hall–Kier alpha value is -2.34. The van der Waals surface area contributed by atoms with E-state index in [2.05, 4.69) is 52.8 Å². The van der Waals surface area contributed by atoms with Crippen molar-refractivity contribution >= 4 is 16.6 Å². The average Bonchev–Trinajstić information content (AvgIpc) is 3.44. The Bertz CT molecular complexity index is 917. The summed E-state index contributed by atoms with van der Waals surface area (Å²) in [6.45, 7) is 2.96. The summed E-state index contributed by atoms with van der Waals surface area (Å²) >= 11 is 0. The van der Waals surface area contributed by atoms with Crippen LogP contribution in [0.5, 0.6) is 0 Å². The van der Waals surface area contributed by atoms with Crippen LogP contribution in [0, 0.1) is 0 Å². The monoisotopic (exact) mass is 408 g/mol. The first-order chi connectivity index (χ1) is 14.8. The van der Waals surface area contributed by atoms with Crippen molar-refractivity contribution in [3.63, 3.8) is 0 Å². The number of hydrogen-bond acceptors (Lipinski definition) is 4. The number of anilines is 1. The Morgan fingerprint density at radius 3 is 2.50 bits per heavy atom. The minimum atomic E-state index is 0.557. The molecule has 1 aromatic heterocycles. The molecule has 0 radical (unpaired) electrons. The highest BCUT2D eigenvalue weighted by atomic mass is 16.5. The van der Waals surface area contributed by atoms with Crippen molar-refractivity contribution in [3.05, 3.63) is 54.1 Å². The van der Waals surface area contributed by atoms with Crippen LogP contribution in [0.15, 0.2) is 48.5 Å². The molecule has 1 aliphatic carbocycles. The maximum Gasteiger partial charge on any atom is 0.0719 e. The molecule has 1 fully saturated rings. The number of benzene rings is 2. The van der Waals surface area contributed by atoms with Crippen molar-refractivity contribution in [2.24, 2.45) is 0 Å². The van der Waals surface area contributed by atoms with Gasteiger partial charge >= 0.3 is 0 Å². The van der Waals surface area contributed by atoms with Crippen LogP contribution in [-0.2, 0) is 20.8 Å². The largest absolute Gasteiger partial charge is 0.382 e. The number of H-pyrrole nitrogens is 1. The molecule has 0 amide bonds. The van der Waals surface area contributed by atoms with E-state index in [9.17, 15) is 0 Å². The number of nitrogens with one attached hydrogen (secondary N) is 2. The maximum absolute atomic E-state index is 5.86. The van der Waals surface area contributed by atoms with Crippen LogP contribution >= 0.6 is 0 Å². The zero-order valence-electron chi connectivity index (χ0n) is 17.8. The van der Waals surface area contributed by atoms with Gasteiger partial charge in [-0.05, 0) is 42.2 Å². The van der Waals surface area contributed by atoms with Gasteiger partial charge in [0.15, 0.2) is 0 Å². The first kappa shape index (κ1) is 20.9. The molecule has 2 N–H and O–H groups in total. The minimum absolute atomic E-state index is 0.557. The average molecular weight is 409 g/mol. The molecule has 0 atom stereocenters. The lowest BCUT2D eigenvalue weighted by atomic mass is 10.1. The topological polar surface area (TPSA) is 55.5 Å². The highest BCUT2D eigenvalue weighted by Crippen LogP contribution is 2.32. The van der Waals surface area contributed by atoms with Gasteiger partial charge in [-0.25, -0.2) is 0 Å². The van der Waals surface area contributed by atoms with E-state index in [0.717, 1.165) is 5.69 Å². The molecular weight excluding hydrogens is 376 g/mol. The van der Waals surface area contributed by atoms with E-state index in [1.54, 1.807) is 7.11 Å². The number of hydrogen-bond donors (Lipinski definition) is 2. The Kier molecular flexibility index (Phi) is 7.40. The number of aromatic nitrogens is 1. The molecule has 1 saturated carbocycles. The predicted octanol–water partition coefficient (Wildman–Crippen LogP) is 5.37. The van der Waals surface area contributed by atoms with E-state index < -0.39 is 0 Å². The SMILES string of the molecule is COCCOCCOCc1cc(NC2CCCC2)c2[nH]c(-c3ccccc3)cc2c1. The summed E-state index contributed by atoms with van der Waals surface area (Å²) in [6, 6.07) is 17.7. The Morgan fingerprint density at radius 2 is 1.70 bits per heavy atom. The molecule has 0 unspecified atom stereocenters. The Morgan fingerprint density at radius 1 is 0.933 bits per heavy atom. The van der Waals surface area contributed by atoms with Crippen molar-refractivity contribution in [2.45, 2.75) is 38.3 Å². The normalized spacial score (nSPS) is 14.6. The molecule has 160 valence electrons. The second-order valence-electron chi connectivity index (χ2n) is 7.94. The number of aromatic amines is 1. The van der Waals surface area contributed by atoms with E-state index in [0.29, 0.717) is 39.1 Å². The maximum atomic E-state index is 5.86. The zero-order valence-corrected chi connectivity index (χ0v) is 17.8. The van der Waals surface area contributed by atoms with Crippen molar-refractivity contribution < 1.29 is 14.2 Å². The lowest BCUT2D eigenvalue weighted by Crippen LogP contribution is -2.15. The Balaban J connectivity index is 1.50. The first-order valence-corrected chi connectivity index (χ1v) is 11.0. The van der Waals surface area contributed by atoms with Gasteiger partial charge in [0.05, 0.1) is 44.2 Å². The van der Waals surface area contributed by atoms with Crippen molar-refractivity contribution in [1.29, 1.82) is 0 Å². The van der Waals surface area contributed by atoms with Gasteiger partial charge in [-0.1, -0.05) is 43.2 Å². The molecule has 30 heavy (non-hydrogen) atoms. The van der Waals surface area contributed by atoms with Crippen molar-refractivity contribution in [2.75, 3.05) is 38.9 Å². The fourth-order valence-electron chi connectivity index (χ4n) is 4.12. The molecule has 0 bridgehead atoms. The van der Waals surface area contributed by atoms with E-state index in [-0.39, 0.29) is 0 Å². The number of rotatable bonds is 11. The van der Waals surface area contributed by atoms with Crippen molar-refractivity contribution in [1.82, 2.24) is 4.98 Å². The molecule has 3 aromatic rings. The molecule has 1 aliphatic rings. The van der Waals surface area contributed by atoms with Crippen LogP contribution < -0.4 is 5.32 Å². The Labute approximate surface area is 178 Å². The highest BCUT2D eigenvalue weighted by Gasteiger charge is 2.17. The van der Waals surface area contributed by atoms with E-state index in [1.807, 2.05) is 6.07 Å². The molecule has 1 heterocycles. The summed E-state index contributed by atoms with van der Waals surface area (Å²) in [4.78, 5) is 3.64. The smallest absolute Gasteiger partial charge is 0.0719 e. The van der Waals surface area contributed by atoms with Gasteiger partial charge in [0.2, 0.25) is 0 Å². The van der Waals surface area contributed by atoms with Crippen LogP contribution in [0.1, 0.15) is 31.2 Å². The highest BCUT2D eigenvalue weighted by molar-refractivity contribution is 5.95. The molecule has 2 aromatic carbocycles. The quantitative estimate of drug-likeness (QED) is 0.419. The fourth-order valence-corrected chi connectivity index (χ4v) is 4.12. The van der Waals surface area contributed by atoms with Crippen LogP contribution in [0.25, 0.3) is 22.2 Å². The van der Waals surface area contributed by atoms with Crippen LogP contribution in [0.4, 0.5) is 5.69 Å². The molecule has 5 nitrogen and oxygen atoms in total. The van der Waals surface area contributed by atoms with Gasteiger partial charge in [-0.2, -0.15) is 0 Å². The van der Waals surface area contributed by atoms with E-state index in [4.69, 9.17) is 14.2 Å². The lowest BCUT2D eigenvalue weighted by molar-refractivity contribution is 0.0200. The van der Waals surface area contributed by atoms with Gasteiger partial charge in [0, 0.05) is 24.2 Å². The molecule has 4 rings (SSSR count). The van der Waals surface area contributed by atoms with Gasteiger partial charge in [0.25, 0.3) is 0 Å². The van der Waals surface area contributed by atoms with Crippen LogP contribution in [0.3, 0.4) is 0 Å². The molecule has 0 spiro atoms. The van der Waals surface area contributed by atoms with Crippen molar-refractivity contribution in [3.8, 4) is 11.3 Å². The molecule has 0 aliphatic heterocycles. The zero-order chi connectivity index (χ0) is 20.6. The fraction of sp³-hybridized carbons (Fsp3) is 0.440. The second kappa shape index (κ2) is 10.6. The summed E-state index contributed by atoms with van der Waals surface area (Å²) in [6.07, 6.45) is 5.11. The summed E-state index contributed by atoms with van der Waals surface area (Å²) < 4.78 is 16.3. The number of fused-ring (bicyclic) bond motifs is 1. The van der Waals surface area contributed by atoms with Crippen LogP contribution in [-0.4, -0.2) is 44.6 Å². The van der Waals surface area contributed by atoms with Gasteiger partial charge in [-0.3, -0.25) is 0 Å². The summed E-state index contributed by atoms with van der Waals surface area (Å²) in [5.74, 6) is 0. The second-order valence-corrected chi connectivity index (χ2v) is 7.94. The minimum Gasteiger partial charge on any atom is -0.382 e.